The van der Waals surface area contributed by atoms with Crippen LogP contribution in [0.15, 0.2) is 0 Å². The number of ketones is 1. The van der Waals surface area contributed by atoms with Crippen LogP contribution in [0, 0.1) is 16.7 Å². The van der Waals surface area contributed by atoms with Crippen LogP contribution in [0.2, 0.25) is 0 Å². The molecule has 1 aliphatic heterocycles. The number of fused-ring (bicyclic) bond motifs is 2. The summed E-state index contributed by atoms with van der Waals surface area (Å²) in [6, 6.07) is 0.0959. The largest absolute Gasteiger partial charge is 0.425 e. The van der Waals surface area contributed by atoms with Crippen LogP contribution in [0.4, 0.5) is 4.79 Å². The van der Waals surface area contributed by atoms with Crippen molar-refractivity contribution in [3.8, 4) is 0 Å². The van der Waals surface area contributed by atoms with Crippen LogP contribution in [0.3, 0.4) is 0 Å². The van der Waals surface area contributed by atoms with Gasteiger partial charge < -0.3 is 14.4 Å². The third-order valence-electron chi connectivity index (χ3n) is 6.39. The molecule has 0 radical (unpaired) electrons. The molecule has 3 fully saturated rings. The van der Waals surface area contributed by atoms with Crippen molar-refractivity contribution in [2.24, 2.45) is 16.7 Å². The fraction of sp³-hybridized carbons (Fsp3) is 0.875. The number of hydrogen-bond donors (Lipinski definition) is 1. The molecule has 0 aromatic heterocycles. The Morgan fingerprint density at radius 3 is 2.67 bits per heavy atom. The summed E-state index contributed by atoms with van der Waals surface area (Å²) in [5.74, 6) is -0.167. The summed E-state index contributed by atoms with van der Waals surface area (Å²) >= 11 is 0. The van der Waals surface area contributed by atoms with E-state index in [1.807, 2.05) is 20.8 Å². The van der Waals surface area contributed by atoms with Gasteiger partial charge in [0, 0.05) is 32.1 Å². The minimum absolute atomic E-state index is 0.000770. The lowest BCUT2D eigenvalue weighted by Crippen LogP contribution is -2.52. The van der Waals surface area contributed by atoms with Crippen LogP contribution in [0.25, 0.3) is 0 Å². The van der Waals surface area contributed by atoms with E-state index in [9.17, 15) is 18.0 Å². The molecule has 3 unspecified atom stereocenters. The first-order valence-electron chi connectivity index (χ1n) is 8.55. The number of carbonyl (C=O) groups excluding carboxylic acids is 2. The van der Waals surface area contributed by atoms with Gasteiger partial charge in [-0.15, -0.1) is 0 Å². The number of nitrogens with one attached hydrogen (secondary N) is 1. The van der Waals surface area contributed by atoms with Crippen molar-refractivity contribution < 1.29 is 22.2 Å². The van der Waals surface area contributed by atoms with Gasteiger partial charge in [0.25, 0.3) is 0 Å². The maximum absolute atomic E-state index is 12.5. The standard InChI is InChI=1S/C16H26N2O5S/c1-11-9-18(7-6-17-11)14(20)23-24(21,22)10-16-5-4-12(8-13(16)19)15(16,2)3/h11-12,17H,4-10H2,1-3H3. The van der Waals surface area contributed by atoms with Crippen LogP contribution in [-0.2, 0) is 19.1 Å². The van der Waals surface area contributed by atoms with E-state index < -0.39 is 27.4 Å². The first-order chi connectivity index (χ1) is 11.1. The van der Waals surface area contributed by atoms with Crippen molar-refractivity contribution in [1.82, 2.24) is 10.2 Å². The highest BCUT2D eigenvalue weighted by molar-refractivity contribution is 7.87. The van der Waals surface area contributed by atoms with E-state index in [2.05, 4.69) is 5.32 Å². The molecule has 1 saturated heterocycles. The minimum Gasteiger partial charge on any atom is -0.328 e. The molecule has 3 aliphatic rings. The predicted molar refractivity (Wildman–Crippen MR) is 87.9 cm³/mol. The van der Waals surface area contributed by atoms with Gasteiger partial charge in [0.2, 0.25) is 0 Å². The second-order valence-corrected chi connectivity index (χ2v) is 9.59. The Bertz CT molecular complexity index is 659. The third-order valence-corrected chi connectivity index (χ3v) is 7.63. The second-order valence-electron chi connectivity index (χ2n) is 8.02. The highest BCUT2D eigenvalue weighted by Crippen LogP contribution is 2.64. The zero-order chi connectivity index (χ0) is 17.8. The number of rotatable bonds is 3. The molecule has 0 spiro atoms. The number of Topliss-reactive ketones (excluding diaryl/α,β-unsaturated/α-hetero) is 1. The molecule has 1 N–H and O–H groups in total. The van der Waals surface area contributed by atoms with Crippen molar-refractivity contribution in [1.29, 1.82) is 0 Å². The molecule has 1 amide bonds. The Labute approximate surface area is 143 Å². The van der Waals surface area contributed by atoms with Gasteiger partial charge in [0.1, 0.15) is 5.78 Å². The van der Waals surface area contributed by atoms with Crippen molar-refractivity contribution in [3.05, 3.63) is 0 Å². The highest BCUT2D eigenvalue weighted by Gasteiger charge is 2.65. The van der Waals surface area contributed by atoms with Crippen molar-refractivity contribution in [2.45, 2.75) is 46.1 Å². The summed E-state index contributed by atoms with van der Waals surface area (Å²) < 4.78 is 29.9. The summed E-state index contributed by atoms with van der Waals surface area (Å²) in [4.78, 5) is 26.0. The van der Waals surface area contributed by atoms with E-state index in [0.29, 0.717) is 32.5 Å². The smallest absolute Gasteiger partial charge is 0.328 e. The predicted octanol–water partition coefficient (Wildman–Crippen LogP) is 1.14. The lowest BCUT2D eigenvalue weighted by atomic mass is 9.70. The highest BCUT2D eigenvalue weighted by atomic mass is 32.2. The molecule has 0 aromatic carbocycles. The molecule has 3 atom stereocenters. The van der Waals surface area contributed by atoms with Crippen LogP contribution >= 0.6 is 0 Å². The van der Waals surface area contributed by atoms with Crippen molar-refractivity contribution in [3.63, 3.8) is 0 Å². The number of amides is 1. The zero-order valence-electron chi connectivity index (χ0n) is 14.5. The quantitative estimate of drug-likeness (QED) is 0.761. The summed E-state index contributed by atoms with van der Waals surface area (Å²) in [6.07, 6.45) is 1.02. The average molecular weight is 358 g/mol. The van der Waals surface area contributed by atoms with E-state index in [-0.39, 0.29) is 23.2 Å². The summed E-state index contributed by atoms with van der Waals surface area (Å²) in [5, 5.41) is 3.18. The Hall–Kier alpha value is -1.15. The Morgan fingerprint density at radius 1 is 1.42 bits per heavy atom. The van der Waals surface area contributed by atoms with Crippen LogP contribution < -0.4 is 5.32 Å². The molecule has 7 nitrogen and oxygen atoms in total. The Morgan fingerprint density at radius 2 is 2.12 bits per heavy atom. The van der Waals surface area contributed by atoms with E-state index in [4.69, 9.17) is 4.18 Å². The van der Waals surface area contributed by atoms with Gasteiger partial charge in [-0.3, -0.25) is 4.79 Å². The van der Waals surface area contributed by atoms with Gasteiger partial charge in [-0.05, 0) is 31.1 Å². The van der Waals surface area contributed by atoms with Crippen molar-refractivity contribution in [2.75, 3.05) is 25.4 Å². The Balaban J connectivity index is 1.72. The molecule has 0 aromatic rings. The summed E-state index contributed by atoms with van der Waals surface area (Å²) in [5.41, 5.74) is -1.28. The van der Waals surface area contributed by atoms with Gasteiger partial charge in [0.15, 0.2) is 0 Å². The molecule has 136 valence electrons. The molecular formula is C16H26N2O5S. The summed E-state index contributed by atoms with van der Waals surface area (Å²) in [6.45, 7) is 7.27. The maximum atomic E-state index is 12.5. The van der Waals surface area contributed by atoms with Gasteiger partial charge in [-0.1, -0.05) is 13.8 Å². The SMILES string of the molecule is CC1CN(C(=O)OS(=O)(=O)CC23CCC(CC2=O)C3(C)C)CCN1. The molecule has 8 heteroatoms. The van der Waals surface area contributed by atoms with E-state index in [0.717, 1.165) is 6.42 Å². The Kier molecular flexibility index (Phi) is 4.19. The van der Waals surface area contributed by atoms with Crippen LogP contribution in [0.1, 0.15) is 40.0 Å². The van der Waals surface area contributed by atoms with E-state index in [1.165, 1.54) is 4.90 Å². The van der Waals surface area contributed by atoms with Gasteiger partial charge >= 0.3 is 16.2 Å². The third kappa shape index (κ3) is 2.73. The molecule has 3 rings (SSSR count). The van der Waals surface area contributed by atoms with Crippen molar-refractivity contribution >= 4 is 22.0 Å². The molecule has 2 aliphatic carbocycles. The topological polar surface area (TPSA) is 92.8 Å². The number of hydrogen-bond acceptors (Lipinski definition) is 6. The van der Waals surface area contributed by atoms with Gasteiger partial charge in [0.05, 0.1) is 11.2 Å². The molecule has 1 heterocycles. The zero-order valence-corrected chi connectivity index (χ0v) is 15.3. The first-order valence-corrected chi connectivity index (χ1v) is 10.1. The number of piperazine rings is 1. The fourth-order valence-electron chi connectivity index (χ4n) is 4.70. The average Bonchev–Trinajstić information content (AvgIpc) is 2.80. The lowest BCUT2D eigenvalue weighted by Gasteiger charge is -2.36. The first kappa shape index (κ1) is 17.7. The number of carbonyl (C=O) groups is 2. The van der Waals surface area contributed by atoms with E-state index in [1.54, 1.807) is 0 Å². The lowest BCUT2D eigenvalue weighted by molar-refractivity contribution is -0.128. The monoisotopic (exact) mass is 358 g/mol. The molecule has 2 saturated carbocycles. The van der Waals surface area contributed by atoms with Gasteiger partial charge in [-0.2, -0.15) is 8.42 Å². The molecule has 2 bridgehead atoms. The van der Waals surface area contributed by atoms with E-state index >= 15 is 0 Å². The number of nitrogens with zero attached hydrogens (tertiary/aromatic N) is 1. The fourth-order valence-corrected chi connectivity index (χ4v) is 6.36. The molecule has 24 heavy (non-hydrogen) atoms. The maximum Gasteiger partial charge on any atom is 0.425 e. The molecular weight excluding hydrogens is 332 g/mol. The van der Waals surface area contributed by atoms with Crippen LogP contribution in [0.5, 0.6) is 0 Å². The minimum atomic E-state index is -4.11. The second kappa shape index (κ2) is 5.69. The summed E-state index contributed by atoms with van der Waals surface area (Å²) in [7, 11) is -4.11. The van der Waals surface area contributed by atoms with Crippen LogP contribution in [-0.4, -0.2) is 56.6 Å². The normalized spacial score (nSPS) is 35.3. The van der Waals surface area contributed by atoms with Gasteiger partial charge in [-0.25, -0.2) is 4.79 Å².